The largest absolute Gasteiger partial charge is 0.397 e. The van der Waals surface area contributed by atoms with Crippen LogP contribution < -0.4 is 5.32 Å². The maximum atomic E-state index is 12.3. The predicted octanol–water partition coefficient (Wildman–Crippen LogP) is 2.11. The van der Waals surface area contributed by atoms with Gasteiger partial charge in [0.15, 0.2) is 5.82 Å². The number of halogens is 3. The standard InChI is InChI=1S/C15H16F3N5O/c16-15(17,18)9-13(24)20-11-1-2-12-21-22-14(23(12)8-5-11)10-3-6-19-7-4-10/h3-4,6-7,11H,1-2,5,8-9H2,(H,20,24). The lowest BCUT2D eigenvalue weighted by molar-refractivity contribution is -0.154. The second-order valence-corrected chi connectivity index (χ2v) is 5.71. The molecule has 1 atom stereocenters. The molecule has 1 aliphatic heterocycles. The van der Waals surface area contributed by atoms with Crippen molar-refractivity contribution in [2.24, 2.45) is 0 Å². The van der Waals surface area contributed by atoms with Crippen LogP contribution in [0.1, 0.15) is 25.1 Å². The zero-order chi connectivity index (χ0) is 17.2. The van der Waals surface area contributed by atoms with Gasteiger partial charge in [0.05, 0.1) is 0 Å². The van der Waals surface area contributed by atoms with Crippen LogP contribution in [0, 0.1) is 0 Å². The van der Waals surface area contributed by atoms with E-state index < -0.39 is 18.5 Å². The van der Waals surface area contributed by atoms with Crippen LogP contribution in [-0.2, 0) is 17.8 Å². The summed E-state index contributed by atoms with van der Waals surface area (Å²) in [5.41, 5.74) is 0.878. The number of nitrogens with one attached hydrogen (secondary N) is 1. The molecule has 1 N–H and O–H groups in total. The first-order chi connectivity index (χ1) is 11.4. The number of rotatable bonds is 3. The van der Waals surface area contributed by atoms with Gasteiger partial charge >= 0.3 is 6.18 Å². The molecular formula is C15H16F3N5O. The van der Waals surface area contributed by atoms with Crippen molar-refractivity contribution >= 4 is 5.91 Å². The highest BCUT2D eigenvalue weighted by molar-refractivity contribution is 5.76. The van der Waals surface area contributed by atoms with Crippen molar-refractivity contribution in [3.05, 3.63) is 30.4 Å². The molecule has 128 valence electrons. The summed E-state index contributed by atoms with van der Waals surface area (Å²) in [7, 11) is 0. The Morgan fingerprint density at radius 3 is 2.71 bits per heavy atom. The minimum Gasteiger partial charge on any atom is -0.353 e. The minimum absolute atomic E-state index is 0.299. The molecular weight excluding hydrogens is 323 g/mol. The van der Waals surface area contributed by atoms with Crippen LogP contribution in [0.2, 0.25) is 0 Å². The number of pyridine rings is 1. The van der Waals surface area contributed by atoms with Gasteiger partial charge in [-0.3, -0.25) is 9.78 Å². The minimum atomic E-state index is -4.49. The van der Waals surface area contributed by atoms with Gasteiger partial charge in [-0.05, 0) is 25.0 Å². The summed E-state index contributed by atoms with van der Waals surface area (Å²) in [5, 5.41) is 10.8. The molecule has 1 unspecified atom stereocenters. The second kappa shape index (κ2) is 6.58. The maximum absolute atomic E-state index is 12.3. The van der Waals surface area contributed by atoms with Gasteiger partial charge in [0.25, 0.3) is 0 Å². The molecule has 2 aromatic rings. The zero-order valence-electron chi connectivity index (χ0n) is 12.8. The molecule has 3 heterocycles. The molecule has 0 saturated heterocycles. The number of nitrogens with zero attached hydrogens (tertiary/aromatic N) is 4. The third-order valence-corrected chi connectivity index (χ3v) is 3.91. The van der Waals surface area contributed by atoms with Gasteiger partial charge < -0.3 is 9.88 Å². The second-order valence-electron chi connectivity index (χ2n) is 5.71. The van der Waals surface area contributed by atoms with E-state index >= 15 is 0 Å². The molecule has 0 saturated carbocycles. The first kappa shape index (κ1) is 16.4. The van der Waals surface area contributed by atoms with E-state index in [0.717, 1.165) is 11.4 Å². The fourth-order valence-corrected chi connectivity index (χ4v) is 2.81. The Kier molecular flexibility index (Phi) is 4.50. The SMILES string of the molecule is O=C(CC(F)(F)F)NC1CCc2nnc(-c3ccncc3)n2CC1. The number of fused-ring (bicyclic) bond motifs is 1. The van der Waals surface area contributed by atoms with Crippen LogP contribution in [0.15, 0.2) is 24.5 Å². The van der Waals surface area contributed by atoms with Crippen LogP contribution >= 0.6 is 0 Å². The lowest BCUT2D eigenvalue weighted by Gasteiger charge is -2.17. The molecule has 6 nitrogen and oxygen atoms in total. The molecule has 1 aliphatic rings. The van der Waals surface area contributed by atoms with Crippen molar-refractivity contribution in [1.29, 1.82) is 0 Å². The zero-order valence-corrected chi connectivity index (χ0v) is 12.8. The average molecular weight is 339 g/mol. The smallest absolute Gasteiger partial charge is 0.353 e. The summed E-state index contributed by atoms with van der Waals surface area (Å²) in [6.45, 7) is 0.539. The van der Waals surface area contributed by atoms with Gasteiger partial charge in [0, 0.05) is 37.0 Å². The van der Waals surface area contributed by atoms with E-state index in [9.17, 15) is 18.0 Å². The topological polar surface area (TPSA) is 72.7 Å². The third-order valence-electron chi connectivity index (χ3n) is 3.91. The first-order valence-corrected chi connectivity index (χ1v) is 7.61. The third kappa shape index (κ3) is 3.90. The number of aromatic nitrogens is 4. The first-order valence-electron chi connectivity index (χ1n) is 7.61. The highest BCUT2D eigenvalue weighted by Crippen LogP contribution is 2.23. The number of hydrogen-bond acceptors (Lipinski definition) is 4. The van der Waals surface area contributed by atoms with Gasteiger partial charge in [0.2, 0.25) is 5.91 Å². The van der Waals surface area contributed by atoms with Crippen LogP contribution in [0.3, 0.4) is 0 Å². The Balaban J connectivity index is 1.68. The van der Waals surface area contributed by atoms with Gasteiger partial charge in [-0.2, -0.15) is 13.2 Å². The van der Waals surface area contributed by atoms with Gasteiger partial charge in [-0.15, -0.1) is 10.2 Å². The van der Waals surface area contributed by atoms with Crippen LogP contribution in [0.4, 0.5) is 13.2 Å². The van der Waals surface area contributed by atoms with E-state index in [0.29, 0.717) is 31.6 Å². The fourth-order valence-electron chi connectivity index (χ4n) is 2.81. The van der Waals surface area contributed by atoms with Crippen molar-refractivity contribution in [2.45, 2.75) is 44.4 Å². The molecule has 0 radical (unpaired) electrons. The molecule has 1 amide bonds. The van der Waals surface area contributed by atoms with Crippen molar-refractivity contribution in [2.75, 3.05) is 0 Å². The molecule has 0 fully saturated rings. The quantitative estimate of drug-likeness (QED) is 0.930. The van der Waals surface area contributed by atoms with Gasteiger partial charge in [-0.25, -0.2) is 0 Å². The van der Waals surface area contributed by atoms with Crippen LogP contribution in [0.5, 0.6) is 0 Å². The van der Waals surface area contributed by atoms with Crippen molar-refractivity contribution in [3.8, 4) is 11.4 Å². The summed E-state index contributed by atoms with van der Waals surface area (Å²) in [4.78, 5) is 15.4. The highest BCUT2D eigenvalue weighted by Gasteiger charge is 2.32. The summed E-state index contributed by atoms with van der Waals surface area (Å²) >= 11 is 0. The fraction of sp³-hybridized carbons (Fsp3) is 0.467. The van der Waals surface area contributed by atoms with Gasteiger partial charge in [0.1, 0.15) is 12.2 Å². The monoisotopic (exact) mass is 339 g/mol. The molecule has 9 heteroatoms. The Morgan fingerprint density at radius 1 is 1.25 bits per heavy atom. The van der Waals surface area contributed by atoms with Gasteiger partial charge in [-0.1, -0.05) is 0 Å². The van der Waals surface area contributed by atoms with E-state index in [1.54, 1.807) is 12.4 Å². The van der Waals surface area contributed by atoms with Crippen molar-refractivity contribution in [1.82, 2.24) is 25.1 Å². The van der Waals surface area contributed by atoms with E-state index in [1.165, 1.54) is 0 Å². The van der Waals surface area contributed by atoms with E-state index in [1.807, 2.05) is 16.7 Å². The summed E-state index contributed by atoms with van der Waals surface area (Å²) in [6, 6.07) is 3.35. The number of alkyl halides is 3. The summed E-state index contributed by atoms with van der Waals surface area (Å²) in [5.74, 6) is 0.489. The molecule has 0 aliphatic carbocycles. The number of carbonyl (C=O) groups excluding carboxylic acids is 1. The number of aryl methyl sites for hydroxylation is 1. The Labute approximate surface area is 136 Å². The number of carbonyl (C=O) groups is 1. The lowest BCUT2D eigenvalue weighted by Crippen LogP contribution is -2.37. The Hall–Kier alpha value is -2.45. The number of amides is 1. The Morgan fingerprint density at radius 2 is 2.00 bits per heavy atom. The molecule has 0 aromatic carbocycles. The van der Waals surface area contributed by atoms with Crippen molar-refractivity contribution in [3.63, 3.8) is 0 Å². The molecule has 2 aromatic heterocycles. The van der Waals surface area contributed by atoms with Crippen LogP contribution in [0.25, 0.3) is 11.4 Å². The predicted molar refractivity (Wildman–Crippen MR) is 78.8 cm³/mol. The highest BCUT2D eigenvalue weighted by atomic mass is 19.4. The summed E-state index contributed by atoms with van der Waals surface area (Å²) < 4.78 is 38.7. The normalized spacial score (nSPS) is 17.9. The molecule has 0 bridgehead atoms. The van der Waals surface area contributed by atoms with Crippen molar-refractivity contribution < 1.29 is 18.0 Å². The van der Waals surface area contributed by atoms with E-state index in [-0.39, 0.29) is 6.04 Å². The Bertz CT molecular complexity index is 714. The number of hydrogen-bond donors (Lipinski definition) is 1. The molecule has 3 rings (SSSR count). The molecule has 24 heavy (non-hydrogen) atoms. The lowest BCUT2D eigenvalue weighted by atomic mass is 10.1. The van der Waals surface area contributed by atoms with E-state index in [4.69, 9.17) is 0 Å². The van der Waals surface area contributed by atoms with E-state index in [2.05, 4.69) is 20.5 Å². The summed E-state index contributed by atoms with van der Waals surface area (Å²) in [6.07, 6.45) is -0.987. The molecule has 0 spiro atoms. The average Bonchev–Trinajstić information content (AvgIpc) is 2.82. The van der Waals surface area contributed by atoms with Crippen LogP contribution in [-0.4, -0.2) is 37.9 Å². The maximum Gasteiger partial charge on any atom is 0.397 e.